The molecule has 21 heavy (non-hydrogen) atoms. The summed E-state index contributed by atoms with van der Waals surface area (Å²) in [6.07, 6.45) is 3.21. The molecule has 0 heterocycles. The van der Waals surface area contributed by atoms with Gasteiger partial charge in [0.25, 0.3) is 0 Å². The van der Waals surface area contributed by atoms with Gasteiger partial charge >= 0.3 is 0 Å². The molecule has 0 aromatic rings. The van der Waals surface area contributed by atoms with E-state index in [0.717, 1.165) is 31.2 Å². The molecule has 0 rings (SSSR count). The first-order valence-electron chi connectivity index (χ1n) is 8.60. The monoisotopic (exact) mass is 295 g/mol. The topological polar surface area (TPSA) is 39.1 Å². The molecule has 0 aliphatic carbocycles. The minimum atomic E-state index is -0.380. The second kappa shape index (κ2) is 10.2. The van der Waals surface area contributed by atoms with Crippen molar-refractivity contribution in [1.82, 2.24) is 10.2 Å². The molecule has 3 heteroatoms. The van der Waals surface area contributed by atoms with Crippen molar-refractivity contribution in [1.29, 1.82) is 5.26 Å². The van der Waals surface area contributed by atoms with Gasteiger partial charge in [0.05, 0.1) is 6.07 Å². The maximum absolute atomic E-state index is 9.36. The fourth-order valence-electron chi connectivity index (χ4n) is 2.90. The van der Waals surface area contributed by atoms with Crippen LogP contribution in [-0.2, 0) is 0 Å². The molecule has 1 N–H and O–H groups in total. The van der Waals surface area contributed by atoms with E-state index in [-0.39, 0.29) is 5.54 Å². The van der Waals surface area contributed by atoms with Crippen LogP contribution in [0.5, 0.6) is 0 Å². The Morgan fingerprint density at radius 2 is 1.52 bits per heavy atom. The van der Waals surface area contributed by atoms with Crippen molar-refractivity contribution in [2.75, 3.05) is 19.6 Å². The van der Waals surface area contributed by atoms with Gasteiger partial charge in [0.15, 0.2) is 0 Å². The molecule has 0 aliphatic rings. The highest BCUT2D eigenvalue weighted by Gasteiger charge is 2.23. The van der Waals surface area contributed by atoms with Gasteiger partial charge in [-0.1, -0.05) is 27.7 Å². The Morgan fingerprint density at radius 1 is 1.00 bits per heavy atom. The summed E-state index contributed by atoms with van der Waals surface area (Å²) in [6, 6.07) is 2.79. The Labute approximate surface area is 133 Å². The number of hydrogen-bond donors (Lipinski definition) is 1. The quantitative estimate of drug-likeness (QED) is 0.584. The minimum absolute atomic E-state index is 0.355. The van der Waals surface area contributed by atoms with E-state index in [2.05, 4.69) is 57.8 Å². The fraction of sp³-hybridized carbons (Fsp3) is 0.944. The van der Waals surface area contributed by atoms with Crippen molar-refractivity contribution in [3.63, 3.8) is 0 Å². The summed E-state index contributed by atoms with van der Waals surface area (Å²) in [4.78, 5) is 2.58. The molecule has 0 aromatic heterocycles. The van der Waals surface area contributed by atoms with Gasteiger partial charge in [0.1, 0.15) is 5.54 Å². The summed E-state index contributed by atoms with van der Waals surface area (Å²) in [6.45, 7) is 18.9. The Kier molecular flexibility index (Phi) is 9.90. The van der Waals surface area contributed by atoms with Crippen LogP contribution < -0.4 is 5.32 Å². The number of rotatable bonds is 11. The second-order valence-corrected chi connectivity index (χ2v) is 7.75. The van der Waals surface area contributed by atoms with Gasteiger partial charge in [0, 0.05) is 19.1 Å². The van der Waals surface area contributed by atoms with Crippen LogP contribution in [0.3, 0.4) is 0 Å². The smallest absolute Gasteiger partial charge is 0.104 e. The predicted octanol–water partition coefficient (Wildman–Crippen LogP) is 4.05. The average molecular weight is 296 g/mol. The molecule has 0 spiro atoms. The molecular formula is C18H37N3. The van der Waals surface area contributed by atoms with Crippen LogP contribution in [0.4, 0.5) is 0 Å². The number of hydrogen-bond acceptors (Lipinski definition) is 3. The highest BCUT2D eigenvalue weighted by atomic mass is 15.1. The van der Waals surface area contributed by atoms with Gasteiger partial charge in [-0.05, 0) is 58.4 Å². The number of nitriles is 1. The molecule has 3 nitrogen and oxygen atoms in total. The van der Waals surface area contributed by atoms with Gasteiger partial charge < -0.3 is 4.90 Å². The molecule has 0 saturated heterocycles. The van der Waals surface area contributed by atoms with Crippen molar-refractivity contribution >= 4 is 0 Å². The van der Waals surface area contributed by atoms with Crippen molar-refractivity contribution in [3.8, 4) is 6.07 Å². The first kappa shape index (κ1) is 20.4. The minimum Gasteiger partial charge on any atom is -0.303 e. The summed E-state index contributed by atoms with van der Waals surface area (Å²) in [5, 5.41) is 12.7. The van der Waals surface area contributed by atoms with Crippen LogP contribution >= 0.6 is 0 Å². The van der Waals surface area contributed by atoms with Crippen LogP contribution in [0.25, 0.3) is 0 Å². The van der Waals surface area contributed by atoms with Crippen LogP contribution in [0, 0.1) is 23.2 Å². The first-order chi connectivity index (χ1) is 9.68. The SMILES string of the molecule is CC(C)CN(CCCCC(C)(C#N)NC(C)C)CC(C)C. The number of nitrogens with one attached hydrogen (secondary N) is 1. The summed E-state index contributed by atoms with van der Waals surface area (Å²) < 4.78 is 0. The lowest BCUT2D eigenvalue weighted by atomic mass is 9.95. The third kappa shape index (κ3) is 10.7. The maximum Gasteiger partial charge on any atom is 0.104 e. The van der Waals surface area contributed by atoms with E-state index in [1.807, 2.05) is 6.92 Å². The van der Waals surface area contributed by atoms with Crippen molar-refractivity contribution in [2.45, 2.75) is 79.3 Å². The number of unbranched alkanes of at least 4 members (excludes halogenated alkanes) is 1. The zero-order valence-electron chi connectivity index (χ0n) is 15.4. The van der Waals surface area contributed by atoms with Crippen molar-refractivity contribution in [3.05, 3.63) is 0 Å². The Bertz CT molecular complexity index is 294. The van der Waals surface area contributed by atoms with Crippen LogP contribution in [0.15, 0.2) is 0 Å². The van der Waals surface area contributed by atoms with Crippen LogP contribution in [0.2, 0.25) is 0 Å². The molecule has 0 amide bonds. The highest BCUT2D eigenvalue weighted by Crippen LogP contribution is 2.15. The van der Waals surface area contributed by atoms with E-state index in [1.54, 1.807) is 0 Å². The van der Waals surface area contributed by atoms with Crippen molar-refractivity contribution in [2.24, 2.45) is 11.8 Å². The maximum atomic E-state index is 9.36. The Morgan fingerprint density at radius 3 is 1.90 bits per heavy atom. The molecular weight excluding hydrogens is 258 g/mol. The highest BCUT2D eigenvalue weighted by molar-refractivity contribution is 5.04. The van der Waals surface area contributed by atoms with E-state index in [4.69, 9.17) is 0 Å². The third-order valence-corrected chi connectivity index (χ3v) is 3.50. The standard InChI is InChI=1S/C18H37N3/c1-15(2)12-21(13-16(3)4)11-9-8-10-18(7,14-19)20-17(5)6/h15-17,20H,8-13H2,1-7H3. The third-order valence-electron chi connectivity index (χ3n) is 3.50. The molecule has 0 aromatic carbocycles. The molecule has 1 unspecified atom stereocenters. The summed E-state index contributed by atoms with van der Waals surface area (Å²) in [5.41, 5.74) is -0.380. The van der Waals surface area contributed by atoms with Gasteiger partial charge in [-0.2, -0.15) is 5.26 Å². The van der Waals surface area contributed by atoms with Gasteiger partial charge in [0.2, 0.25) is 0 Å². The lowest BCUT2D eigenvalue weighted by molar-refractivity contribution is 0.212. The van der Waals surface area contributed by atoms with E-state index >= 15 is 0 Å². The van der Waals surface area contributed by atoms with E-state index in [0.29, 0.717) is 6.04 Å². The predicted molar refractivity (Wildman–Crippen MR) is 92.3 cm³/mol. The summed E-state index contributed by atoms with van der Waals surface area (Å²) in [5.74, 6) is 1.44. The van der Waals surface area contributed by atoms with Gasteiger partial charge in [-0.15, -0.1) is 0 Å². The van der Waals surface area contributed by atoms with E-state index in [9.17, 15) is 5.26 Å². The zero-order chi connectivity index (χ0) is 16.5. The van der Waals surface area contributed by atoms with Crippen molar-refractivity contribution < 1.29 is 0 Å². The molecule has 124 valence electrons. The van der Waals surface area contributed by atoms with Crippen LogP contribution in [0.1, 0.15) is 67.7 Å². The molecule has 0 aliphatic heterocycles. The normalized spacial score (nSPS) is 15.0. The Hall–Kier alpha value is -0.590. The number of nitrogens with zero attached hydrogens (tertiary/aromatic N) is 2. The molecule has 0 bridgehead atoms. The lowest BCUT2D eigenvalue weighted by Gasteiger charge is -2.28. The lowest BCUT2D eigenvalue weighted by Crippen LogP contribution is -2.45. The molecule has 0 saturated carbocycles. The fourth-order valence-corrected chi connectivity index (χ4v) is 2.90. The molecule has 0 radical (unpaired) electrons. The average Bonchev–Trinajstić information content (AvgIpc) is 2.32. The van der Waals surface area contributed by atoms with E-state index < -0.39 is 0 Å². The summed E-state index contributed by atoms with van der Waals surface area (Å²) in [7, 11) is 0. The second-order valence-electron chi connectivity index (χ2n) is 7.75. The summed E-state index contributed by atoms with van der Waals surface area (Å²) >= 11 is 0. The Balaban J connectivity index is 4.16. The first-order valence-corrected chi connectivity index (χ1v) is 8.60. The molecule has 1 atom stereocenters. The van der Waals surface area contributed by atoms with Gasteiger partial charge in [-0.25, -0.2) is 0 Å². The van der Waals surface area contributed by atoms with Gasteiger partial charge in [-0.3, -0.25) is 5.32 Å². The molecule has 0 fully saturated rings. The zero-order valence-corrected chi connectivity index (χ0v) is 15.4. The van der Waals surface area contributed by atoms with Crippen LogP contribution in [-0.4, -0.2) is 36.1 Å². The van der Waals surface area contributed by atoms with E-state index in [1.165, 1.54) is 19.5 Å². The largest absolute Gasteiger partial charge is 0.303 e.